The fourth-order valence-electron chi connectivity index (χ4n) is 2.95. The van der Waals surface area contributed by atoms with E-state index >= 15 is 0 Å². The van der Waals surface area contributed by atoms with E-state index in [4.69, 9.17) is 0 Å². The first-order valence-corrected chi connectivity index (χ1v) is 8.36. The molecule has 8 heteroatoms. The fourth-order valence-corrected chi connectivity index (χ4v) is 2.95. The van der Waals surface area contributed by atoms with Gasteiger partial charge in [-0.25, -0.2) is 4.39 Å². The predicted octanol–water partition coefficient (Wildman–Crippen LogP) is 2.42. The van der Waals surface area contributed by atoms with Crippen LogP contribution in [0.15, 0.2) is 12.1 Å². The van der Waals surface area contributed by atoms with Gasteiger partial charge in [0.05, 0.1) is 16.4 Å². The second-order valence-corrected chi connectivity index (χ2v) is 6.26. The van der Waals surface area contributed by atoms with Crippen molar-refractivity contribution in [3.05, 3.63) is 39.2 Å². The minimum absolute atomic E-state index is 0.0480. The Hall–Kier alpha value is -2.51. The Balaban J connectivity index is 2.20. The van der Waals surface area contributed by atoms with Crippen molar-refractivity contribution in [2.24, 2.45) is 5.92 Å². The van der Waals surface area contributed by atoms with Gasteiger partial charge in [0.2, 0.25) is 5.91 Å². The zero-order valence-corrected chi connectivity index (χ0v) is 14.4. The Bertz CT molecular complexity index is 693. The number of aryl methyl sites for hydroxylation is 1. The number of carbonyl (C=O) groups excluding carboxylic acids is 2. The number of nitrogens with one attached hydrogen (secondary N) is 1. The summed E-state index contributed by atoms with van der Waals surface area (Å²) in [6.07, 6.45) is 2.11. The van der Waals surface area contributed by atoms with Crippen molar-refractivity contribution >= 4 is 17.5 Å². The van der Waals surface area contributed by atoms with Gasteiger partial charge in [0.15, 0.2) is 0 Å². The molecule has 1 heterocycles. The van der Waals surface area contributed by atoms with Gasteiger partial charge in [0.25, 0.3) is 11.6 Å². The number of amides is 2. The Morgan fingerprint density at radius 3 is 2.80 bits per heavy atom. The largest absolute Gasteiger partial charge is 0.356 e. The summed E-state index contributed by atoms with van der Waals surface area (Å²) in [4.78, 5) is 36.5. The van der Waals surface area contributed by atoms with E-state index < -0.39 is 16.6 Å². The highest BCUT2D eigenvalue weighted by Crippen LogP contribution is 2.25. The molecule has 0 aromatic heterocycles. The number of hydrogen-bond acceptors (Lipinski definition) is 4. The molecular formula is C17H22FN3O4. The first-order chi connectivity index (χ1) is 11.8. The van der Waals surface area contributed by atoms with Crippen LogP contribution in [0.5, 0.6) is 0 Å². The number of nitro benzene ring substituents is 1. The third-order valence-corrected chi connectivity index (χ3v) is 4.31. The first-order valence-electron chi connectivity index (χ1n) is 8.36. The molecule has 1 aromatic rings. The predicted molar refractivity (Wildman–Crippen MR) is 89.7 cm³/mol. The lowest BCUT2D eigenvalue weighted by atomic mass is 9.96. The van der Waals surface area contributed by atoms with Crippen molar-refractivity contribution in [3.8, 4) is 0 Å². The van der Waals surface area contributed by atoms with Gasteiger partial charge in [-0.3, -0.25) is 19.7 Å². The summed E-state index contributed by atoms with van der Waals surface area (Å²) in [7, 11) is 0. The third-order valence-electron chi connectivity index (χ3n) is 4.31. The Morgan fingerprint density at radius 1 is 1.44 bits per heavy atom. The molecule has 2 amide bonds. The van der Waals surface area contributed by atoms with Crippen LogP contribution in [0.2, 0.25) is 0 Å². The van der Waals surface area contributed by atoms with Crippen LogP contribution in [0.25, 0.3) is 0 Å². The molecule has 0 bridgehead atoms. The molecule has 0 saturated carbocycles. The number of rotatable bonds is 5. The summed E-state index contributed by atoms with van der Waals surface area (Å²) < 4.78 is 14.3. The number of hydrogen-bond donors (Lipinski definition) is 1. The maximum atomic E-state index is 14.3. The maximum Gasteiger partial charge on any atom is 0.270 e. The molecule has 0 aliphatic carbocycles. The van der Waals surface area contributed by atoms with E-state index in [1.165, 1.54) is 11.8 Å². The van der Waals surface area contributed by atoms with E-state index in [0.717, 1.165) is 18.6 Å². The highest BCUT2D eigenvalue weighted by molar-refractivity contribution is 5.96. The monoisotopic (exact) mass is 351 g/mol. The summed E-state index contributed by atoms with van der Waals surface area (Å²) in [5, 5.41) is 13.8. The van der Waals surface area contributed by atoms with E-state index in [1.807, 2.05) is 6.92 Å². The van der Waals surface area contributed by atoms with Gasteiger partial charge in [-0.2, -0.15) is 0 Å². The lowest BCUT2D eigenvalue weighted by Crippen LogP contribution is -2.45. The Morgan fingerprint density at radius 2 is 2.16 bits per heavy atom. The number of non-ortho nitro benzene ring substituents is 1. The van der Waals surface area contributed by atoms with Crippen LogP contribution in [0.4, 0.5) is 10.1 Å². The standard InChI is InChI=1S/C17H22FN3O4/c1-3-6-19-16(22)12-5-4-7-20(10-12)17(23)14-9-13(21(24)25)8-11(2)15(14)18/h8-9,12H,3-7,10H2,1-2H3,(H,19,22). The molecule has 1 atom stereocenters. The van der Waals surface area contributed by atoms with Gasteiger partial charge < -0.3 is 10.2 Å². The SMILES string of the molecule is CCCNC(=O)C1CCCN(C(=O)c2cc([N+](=O)[O-])cc(C)c2F)C1. The molecule has 1 N–H and O–H groups in total. The van der Waals surface area contributed by atoms with E-state index in [1.54, 1.807) is 0 Å². The molecule has 1 aromatic carbocycles. The Labute approximate surface area is 145 Å². The second-order valence-electron chi connectivity index (χ2n) is 6.26. The summed E-state index contributed by atoms with van der Waals surface area (Å²) in [5.41, 5.74) is -0.593. The van der Waals surface area contributed by atoms with Crippen molar-refractivity contribution in [1.82, 2.24) is 10.2 Å². The van der Waals surface area contributed by atoms with Crippen molar-refractivity contribution in [2.45, 2.75) is 33.1 Å². The lowest BCUT2D eigenvalue weighted by Gasteiger charge is -2.32. The average molecular weight is 351 g/mol. The maximum absolute atomic E-state index is 14.3. The zero-order valence-electron chi connectivity index (χ0n) is 14.4. The van der Waals surface area contributed by atoms with Crippen LogP contribution in [0, 0.1) is 28.8 Å². The van der Waals surface area contributed by atoms with Crippen LogP contribution in [-0.2, 0) is 4.79 Å². The number of halogens is 1. The number of piperidine rings is 1. The van der Waals surface area contributed by atoms with Gasteiger partial charge in [0, 0.05) is 31.8 Å². The smallest absolute Gasteiger partial charge is 0.270 e. The molecule has 0 spiro atoms. The number of nitro groups is 1. The number of benzene rings is 1. The molecule has 2 rings (SSSR count). The minimum atomic E-state index is -0.756. The normalized spacial score (nSPS) is 17.2. The van der Waals surface area contributed by atoms with Crippen molar-refractivity contribution in [3.63, 3.8) is 0 Å². The molecular weight excluding hydrogens is 329 g/mol. The number of carbonyl (C=O) groups is 2. The van der Waals surface area contributed by atoms with Crippen LogP contribution in [0.1, 0.15) is 42.1 Å². The van der Waals surface area contributed by atoms with Crippen molar-refractivity contribution in [2.75, 3.05) is 19.6 Å². The van der Waals surface area contributed by atoms with Gasteiger partial charge >= 0.3 is 0 Å². The van der Waals surface area contributed by atoms with Crippen LogP contribution in [0.3, 0.4) is 0 Å². The van der Waals surface area contributed by atoms with E-state index in [-0.39, 0.29) is 35.2 Å². The summed E-state index contributed by atoms with van der Waals surface area (Å²) >= 11 is 0. The van der Waals surface area contributed by atoms with Gasteiger partial charge in [0.1, 0.15) is 5.82 Å². The molecule has 0 radical (unpaired) electrons. The van der Waals surface area contributed by atoms with Crippen LogP contribution >= 0.6 is 0 Å². The van der Waals surface area contributed by atoms with E-state index in [2.05, 4.69) is 5.32 Å². The summed E-state index contributed by atoms with van der Waals surface area (Å²) in [5.74, 6) is -1.83. The van der Waals surface area contributed by atoms with E-state index in [9.17, 15) is 24.1 Å². The summed E-state index contributed by atoms with van der Waals surface area (Å²) in [6, 6.07) is 2.06. The van der Waals surface area contributed by atoms with E-state index in [0.29, 0.717) is 25.9 Å². The lowest BCUT2D eigenvalue weighted by molar-refractivity contribution is -0.385. The molecule has 1 aliphatic rings. The highest BCUT2D eigenvalue weighted by Gasteiger charge is 2.31. The van der Waals surface area contributed by atoms with Gasteiger partial charge in [-0.15, -0.1) is 0 Å². The molecule has 25 heavy (non-hydrogen) atoms. The number of nitrogens with zero attached hydrogens (tertiary/aromatic N) is 2. The summed E-state index contributed by atoms with van der Waals surface area (Å²) in [6.45, 7) is 4.50. The molecule has 136 valence electrons. The quantitative estimate of drug-likeness (QED) is 0.651. The Kier molecular flexibility index (Phi) is 6.06. The topological polar surface area (TPSA) is 92.6 Å². The van der Waals surface area contributed by atoms with Crippen molar-refractivity contribution in [1.29, 1.82) is 0 Å². The average Bonchev–Trinajstić information content (AvgIpc) is 2.61. The van der Waals surface area contributed by atoms with Gasteiger partial charge in [-0.05, 0) is 31.7 Å². The molecule has 1 fully saturated rings. The van der Waals surface area contributed by atoms with Gasteiger partial charge in [-0.1, -0.05) is 6.92 Å². The fraction of sp³-hybridized carbons (Fsp3) is 0.529. The van der Waals surface area contributed by atoms with Crippen LogP contribution < -0.4 is 5.32 Å². The molecule has 1 saturated heterocycles. The molecule has 1 unspecified atom stereocenters. The first kappa shape index (κ1) is 18.8. The number of likely N-dealkylation sites (tertiary alicyclic amines) is 1. The zero-order chi connectivity index (χ0) is 18.6. The molecule has 7 nitrogen and oxygen atoms in total. The van der Waals surface area contributed by atoms with Crippen molar-refractivity contribution < 1.29 is 18.9 Å². The second kappa shape index (κ2) is 8.04. The third kappa shape index (κ3) is 4.32. The minimum Gasteiger partial charge on any atom is -0.356 e. The highest BCUT2D eigenvalue weighted by atomic mass is 19.1. The van der Waals surface area contributed by atoms with Crippen LogP contribution in [-0.4, -0.2) is 41.3 Å². The molecule has 1 aliphatic heterocycles.